The van der Waals surface area contributed by atoms with E-state index in [0.29, 0.717) is 11.4 Å². The summed E-state index contributed by atoms with van der Waals surface area (Å²) in [4.78, 5) is 12.0. The zero-order chi connectivity index (χ0) is 17.1. The maximum atomic E-state index is 10.8. The third kappa shape index (κ3) is 3.73. The van der Waals surface area contributed by atoms with Gasteiger partial charge in [-0.25, -0.2) is 4.79 Å². The molecule has 120 valence electrons. The number of hydrogen-bond donors (Lipinski definition) is 2. The third-order valence-corrected chi connectivity index (χ3v) is 6.02. The quantitative estimate of drug-likeness (QED) is 0.332. The minimum absolute atomic E-state index is 0.170. The molecule has 2 N–H and O–H groups in total. The van der Waals surface area contributed by atoms with Crippen LogP contribution in [0, 0.1) is 3.82 Å². The standard InChI is InChI=1S/C16H10N2O3S3/c19-13-7-11(5-6-12(13)16(20)21)18-17-10-3-1-9(2-4-10)14-8-15(22)24-23-14/h1-8,19H,(H,20,21). The zero-order valence-corrected chi connectivity index (χ0v) is 14.5. The minimum atomic E-state index is -1.19. The normalized spacial score (nSPS) is 11.0. The Hall–Kier alpha value is -2.42. The Morgan fingerprint density at radius 1 is 0.958 bits per heavy atom. The number of aromatic carboxylic acids is 1. The SMILES string of the molecule is O=C(O)c1ccc(N=Nc2ccc(-c3cc(=S)ss3)cc2)cc1O. The van der Waals surface area contributed by atoms with Crippen LogP contribution in [0.1, 0.15) is 10.4 Å². The number of aromatic hydroxyl groups is 1. The molecule has 3 aromatic rings. The summed E-state index contributed by atoms with van der Waals surface area (Å²) in [6, 6.07) is 13.5. The Kier molecular flexibility index (Phi) is 4.79. The Balaban J connectivity index is 1.78. The van der Waals surface area contributed by atoms with Gasteiger partial charge in [0.05, 0.1) is 11.4 Å². The van der Waals surface area contributed by atoms with E-state index >= 15 is 0 Å². The van der Waals surface area contributed by atoms with E-state index in [4.69, 9.17) is 17.3 Å². The molecule has 0 aliphatic carbocycles. The van der Waals surface area contributed by atoms with Crippen molar-refractivity contribution in [3.05, 3.63) is 57.9 Å². The number of azo groups is 1. The molecule has 0 atom stereocenters. The maximum Gasteiger partial charge on any atom is 0.339 e. The summed E-state index contributed by atoms with van der Waals surface area (Å²) in [5.74, 6) is -1.53. The molecule has 1 heterocycles. The van der Waals surface area contributed by atoms with Crippen LogP contribution in [0.15, 0.2) is 58.8 Å². The van der Waals surface area contributed by atoms with Crippen molar-refractivity contribution < 1.29 is 15.0 Å². The molecule has 0 aliphatic heterocycles. The number of nitrogens with zero attached hydrogens (tertiary/aromatic N) is 2. The number of carbonyl (C=O) groups is 1. The van der Waals surface area contributed by atoms with Crippen LogP contribution in [0.25, 0.3) is 10.4 Å². The van der Waals surface area contributed by atoms with Gasteiger partial charge in [0, 0.05) is 10.9 Å². The van der Waals surface area contributed by atoms with Gasteiger partial charge >= 0.3 is 5.97 Å². The topological polar surface area (TPSA) is 82.2 Å². The molecule has 5 nitrogen and oxygen atoms in total. The fourth-order valence-corrected chi connectivity index (χ4v) is 4.35. The number of rotatable bonds is 4. The average molecular weight is 374 g/mol. The predicted molar refractivity (Wildman–Crippen MR) is 97.7 cm³/mol. The van der Waals surface area contributed by atoms with Crippen molar-refractivity contribution in [2.24, 2.45) is 10.2 Å². The number of hydrogen-bond acceptors (Lipinski definition) is 7. The van der Waals surface area contributed by atoms with Crippen LogP contribution in [0.2, 0.25) is 0 Å². The van der Waals surface area contributed by atoms with E-state index in [1.54, 1.807) is 20.7 Å². The monoisotopic (exact) mass is 374 g/mol. The molecule has 0 bridgehead atoms. The molecule has 24 heavy (non-hydrogen) atoms. The Bertz CT molecular complexity index is 975. The van der Waals surface area contributed by atoms with Gasteiger partial charge in [0.25, 0.3) is 0 Å². The molecule has 0 unspecified atom stereocenters. The fraction of sp³-hybridized carbons (Fsp3) is 0. The summed E-state index contributed by atoms with van der Waals surface area (Å²) in [5.41, 5.74) is 1.92. The Morgan fingerprint density at radius 3 is 2.21 bits per heavy atom. The van der Waals surface area contributed by atoms with Gasteiger partial charge in [-0.1, -0.05) is 45.0 Å². The van der Waals surface area contributed by atoms with Crippen molar-refractivity contribution in [1.82, 2.24) is 0 Å². The highest BCUT2D eigenvalue weighted by atomic mass is 32.9. The van der Waals surface area contributed by atoms with E-state index < -0.39 is 5.97 Å². The van der Waals surface area contributed by atoms with Gasteiger partial charge in [-0.05, 0) is 35.9 Å². The molecule has 0 amide bonds. The van der Waals surface area contributed by atoms with E-state index in [1.807, 2.05) is 30.3 Å². The van der Waals surface area contributed by atoms with Crippen molar-refractivity contribution in [3.63, 3.8) is 0 Å². The molecule has 0 saturated heterocycles. The summed E-state index contributed by atoms with van der Waals surface area (Å²) >= 11 is 5.13. The smallest absolute Gasteiger partial charge is 0.339 e. The molecule has 0 spiro atoms. The van der Waals surface area contributed by atoms with Crippen LogP contribution >= 0.6 is 32.9 Å². The predicted octanol–water partition coefficient (Wildman–Crippen LogP) is 6.03. The highest BCUT2D eigenvalue weighted by Crippen LogP contribution is 2.31. The summed E-state index contributed by atoms with van der Waals surface area (Å²) in [7, 11) is 3.20. The van der Waals surface area contributed by atoms with Crippen molar-refractivity contribution >= 4 is 50.2 Å². The highest BCUT2D eigenvalue weighted by Gasteiger charge is 2.09. The second kappa shape index (κ2) is 7.00. The molecule has 1 aromatic heterocycles. The number of carboxylic acid groups (broad SMARTS) is 1. The maximum absolute atomic E-state index is 10.8. The number of benzene rings is 2. The fourth-order valence-electron chi connectivity index (χ4n) is 1.94. The van der Waals surface area contributed by atoms with Crippen LogP contribution < -0.4 is 0 Å². The van der Waals surface area contributed by atoms with E-state index in [1.165, 1.54) is 18.2 Å². The van der Waals surface area contributed by atoms with Crippen LogP contribution in [0.5, 0.6) is 5.75 Å². The zero-order valence-electron chi connectivity index (χ0n) is 12.0. The van der Waals surface area contributed by atoms with Gasteiger partial charge in [-0.15, -0.1) is 0 Å². The first kappa shape index (κ1) is 16.4. The van der Waals surface area contributed by atoms with Gasteiger partial charge < -0.3 is 10.2 Å². The van der Waals surface area contributed by atoms with Gasteiger partial charge in [0.15, 0.2) is 0 Å². The first-order valence-electron chi connectivity index (χ1n) is 6.71. The van der Waals surface area contributed by atoms with E-state index in [9.17, 15) is 9.90 Å². The van der Waals surface area contributed by atoms with Crippen molar-refractivity contribution in [3.8, 4) is 16.2 Å². The molecule has 8 heteroatoms. The average Bonchev–Trinajstić information content (AvgIpc) is 2.99. The highest BCUT2D eigenvalue weighted by molar-refractivity contribution is 7.80. The first-order chi connectivity index (χ1) is 11.5. The molecule has 2 aromatic carbocycles. The Morgan fingerprint density at radius 2 is 1.62 bits per heavy atom. The molecule has 0 fully saturated rings. The van der Waals surface area contributed by atoms with Crippen molar-refractivity contribution in [2.75, 3.05) is 0 Å². The van der Waals surface area contributed by atoms with Crippen LogP contribution in [-0.2, 0) is 0 Å². The third-order valence-electron chi connectivity index (χ3n) is 3.11. The van der Waals surface area contributed by atoms with Crippen LogP contribution in [-0.4, -0.2) is 16.2 Å². The molecular weight excluding hydrogens is 364 g/mol. The van der Waals surface area contributed by atoms with Crippen molar-refractivity contribution in [2.45, 2.75) is 0 Å². The molecule has 0 radical (unpaired) electrons. The Labute approximate surface area is 149 Å². The van der Waals surface area contributed by atoms with Crippen LogP contribution in [0.3, 0.4) is 0 Å². The first-order valence-corrected chi connectivity index (χ1v) is 9.27. The second-order valence-corrected chi connectivity index (χ2v) is 7.66. The summed E-state index contributed by atoms with van der Waals surface area (Å²) < 4.78 is 0.864. The lowest BCUT2D eigenvalue weighted by atomic mass is 10.2. The van der Waals surface area contributed by atoms with Crippen molar-refractivity contribution in [1.29, 1.82) is 0 Å². The number of carboxylic acids is 1. The minimum Gasteiger partial charge on any atom is -0.507 e. The van der Waals surface area contributed by atoms with Gasteiger partial charge in [-0.3, -0.25) is 0 Å². The van der Waals surface area contributed by atoms with E-state index in [2.05, 4.69) is 10.2 Å². The van der Waals surface area contributed by atoms with Gasteiger partial charge in [0.1, 0.15) is 15.1 Å². The lowest BCUT2D eigenvalue weighted by Gasteiger charge is -2.00. The molecular formula is C16H10N2O3S3. The van der Waals surface area contributed by atoms with Gasteiger partial charge in [-0.2, -0.15) is 10.2 Å². The second-order valence-electron chi connectivity index (χ2n) is 4.75. The van der Waals surface area contributed by atoms with Gasteiger partial charge in [0.2, 0.25) is 0 Å². The molecule has 3 rings (SSSR count). The molecule has 0 saturated carbocycles. The summed E-state index contributed by atoms with van der Waals surface area (Å²) in [5, 5.41) is 26.6. The van der Waals surface area contributed by atoms with E-state index in [-0.39, 0.29) is 11.3 Å². The lowest BCUT2D eigenvalue weighted by Crippen LogP contribution is -1.95. The summed E-state index contributed by atoms with van der Waals surface area (Å²) in [6.45, 7) is 0. The molecule has 0 aliphatic rings. The number of phenols is 1. The largest absolute Gasteiger partial charge is 0.507 e. The lowest BCUT2D eigenvalue weighted by molar-refractivity contribution is 0.0694. The summed E-state index contributed by atoms with van der Waals surface area (Å²) in [6.07, 6.45) is 0. The van der Waals surface area contributed by atoms with Crippen LogP contribution in [0.4, 0.5) is 11.4 Å². The van der Waals surface area contributed by atoms with E-state index in [0.717, 1.165) is 14.3 Å².